The number of anilines is 1. The highest BCUT2D eigenvalue weighted by atomic mass is 16.6. The highest BCUT2D eigenvalue weighted by molar-refractivity contribution is 6.24. The molecule has 0 unspecified atom stereocenters. The molecule has 2 aromatic carbocycles. The first kappa shape index (κ1) is 22.9. The van der Waals surface area contributed by atoms with Gasteiger partial charge in [0, 0.05) is 28.5 Å². The fourth-order valence-electron chi connectivity index (χ4n) is 3.04. The average molecular weight is 412 g/mol. The average Bonchev–Trinajstić information content (AvgIpc) is 2.60. The van der Waals surface area contributed by atoms with Gasteiger partial charge in [0.1, 0.15) is 5.75 Å². The lowest BCUT2D eigenvalue weighted by atomic mass is 9.77. The van der Waals surface area contributed by atoms with Crippen LogP contribution in [0.25, 0.3) is 5.57 Å². The smallest absolute Gasteiger partial charge is 0.312 e. The maximum atomic E-state index is 12.8. The Kier molecular flexibility index (Phi) is 5.98. The van der Waals surface area contributed by atoms with Crippen molar-refractivity contribution in [2.24, 2.45) is 0 Å². The van der Waals surface area contributed by atoms with E-state index in [1.165, 1.54) is 6.07 Å². The van der Waals surface area contributed by atoms with Crippen LogP contribution in [0.1, 0.15) is 58.2 Å². The fraction of sp³-hybridized carbons (Fsp3) is 0.348. The molecule has 0 spiro atoms. The van der Waals surface area contributed by atoms with Crippen molar-refractivity contribution in [1.82, 2.24) is 0 Å². The molecule has 0 saturated heterocycles. The molecule has 0 heterocycles. The number of amides is 1. The molecule has 7 nitrogen and oxygen atoms in total. The van der Waals surface area contributed by atoms with Gasteiger partial charge in [-0.05, 0) is 40.7 Å². The van der Waals surface area contributed by atoms with E-state index in [9.17, 15) is 25.1 Å². The fourth-order valence-corrected chi connectivity index (χ4v) is 3.04. The van der Waals surface area contributed by atoms with Gasteiger partial charge in [-0.1, -0.05) is 48.1 Å². The highest BCUT2D eigenvalue weighted by Gasteiger charge is 2.28. The first-order valence-corrected chi connectivity index (χ1v) is 9.49. The molecule has 2 rings (SSSR count). The summed E-state index contributed by atoms with van der Waals surface area (Å²) in [6.45, 7) is 15.7. The van der Waals surface area contributed by atoms with Gasteiger partial charge in [0.25, 0.3) is 5.91 Å². The minimum Gasteiger partial charge on any atom is -0.507 e. The van der Waals surface area contributed by atoms with E-state index >= 15 is 0 Å². The van der Waals surface area contributed by atoms with E-state index in [4.69, 9.17) is 0 Å². The van der Waals surface area contributed by atoms with Crippen molar-refractivity contribution in [3.8, 4) is 11.5 Å². The van der Waals surface area contributed by atoms with E-state index in [-0.39, 0.29) is 27.8 Å². The summed E-state index contributed by atoms with van der Waals surface area (Å²) >= 11 is 0. The van der Waals surface area contributed by atoms with Gasteiger partial charge in [0.2, 0.25) is 0 Å². The maximum Gasteiger partial charge on any atom is 0.312 e. The molecule has 0 fully saturated rings. The summed E-state index contributed by atoms with van der Waals surface area (Å²) in [4.78, 5) is 23.1. The normalized spacial score (nSPS) is 11.8. The Labute approximate surface area is 176 Å². The quantitative estimate of drug-likeness (QED) is 0.275. The standard InChI is InChI=1S/C23H28N2O5/c1-13(21(28)24-15-8-9-19(26)18(12-15)25(29)30)14-10-16(22(2,3)4)20(27)17(11-14)23(5,6)7/h8-12,26-27H,1H2,2-7H3,(H,24,28). The van der Waals surface area contributed by atoms with Crippen LogP contribution in [-0.2, 0) is 15.6 Å². The van der Waals surface area contributed by atoms with E-state index in [0.717, 1.165) is 12.1 Å². The minimum absolute atomic E-state index is 0.154. The lowest BCUT2D eigenvalue weighted by Gasteiger charge is -2.28. The lowest BCUT2D eigenvalue weighted by molar-refractivity contribution is -0.385. The predicted octanol–water partition coefficient (Wildman–Crippen LogP) is 5.25. The number of benzene rings is 2. The number of nitrogens with zero attached hydrogens (tertiary/aromatic N) is 1. The monoisotopic (exact) mass is 412 g/mol. The van der Waals surface area contributed by atoms with Crippen molar-refractivity contribution in [2.45, 2.75) is 52.4 Å². The van der Waals surface area contributed by atoms with Crippen LogP contribution in [0.15, 0.2) is 36.9 Å². The van der Waals surface area contributed by atoms with Crippen molar-refractivity contribution in [3.05, 3.63) is 63.7 Å². The second-order valence-corrected chi connectivity index (χ2v) is 9.31. The molecule has 0 aliphatic carbocycles. The molecule has 0 radical (unpaired) electrons. The van der Waals surface area contributed by atoms with E-state index in [1.54, 1.807) is 12.1 Å². The Morgan fingerprint density at radius 1 is 1.00 bits per heavy atom. The maximum absolute atomic E-state index is 12.8. The van der Waals surface area contributed by atoms with Crippen LogP contribution in [0.3, 0.4) is 0 Å². The van der Waals surface area contributed by atoms with E-state index in [2.05, 4.69) is 11.9 Å². The van der Waals surface area contributed by atoms with Crippen LogP contribution in [0.2, 0.25) is 0 Å². The first-order chi connectivity index (χ1) is 13.6. The number of rotatable bonds is 4. The Bertz CT molecular complexity index is 992. The summed E-state index contributed by atoms with van der Waals surface area (Å²) in [7, 11) is 0. The third kappa shape index (κ3) is 4.79. The molecule has 0 aliphatic heterocycles. The van der Waals surface area contributed by atoms with Crippen molar-refractivity contribution in [1.29, 1.82) is 0 Å². The lowest BCUT2D eigenvalue weighted by Crippen LogP contribution is -2.19. The Morgan fingerprint density at radius 3 is 1.93 bits per heavy atom. The number of hydrogen-bond donors (Lipinski definition) is 3. The molecule has 0 saturated carbocycles. The molecule has 3 N–H and O–H groups in total. The second kappa shape index (κ2) is 7.82. The zero-order valence-electron chi connectivity index (χ0n) is 18.2. The number of phenols is 2. The van der Waals surface area contributed by atoms with Gasteiger partial charge in [-0.15, -0.1) is 0 Å². The molecule has 2 aromatic rings. The number of carbonyl (C=O) groups excluding carboxylic acids is 1. The Balaban J connectivity index is 2.46. The van der Waals surface area contributed by atoms with Crippen LogP contribution in [0, 0.1) is 10.1 Å². The van der Waals surface area contributed by atoms with Crippen molar-refractivity contribution >= 4 is 22.9 Å². The first-order valence-electron chi connectivity index (χ1n) is 9.49. The SMILES string of the molecule is C=C(C(=O)Nc1ccc(O)c([N+](=O)[O-])c1)c1cc(C(C)(C)C)c(O)c(C(C)(C)C)c1. The summed E-state index contributed by atoms with van der Waals surface area (Å²) < 4.78 is 0. The number of nitro groups is 1. The van der Waals surface area contributed by atoms with Gasteiger partial charge in [-0.2, -0.15) is 0 Å². The Hall–Kier alpha value is -3.35. The summed E-state index contributed by atoms with van der Waals surface area (Å²) in [5, 5.41) is 34.0. The number of phenolic OH excluding ortho intramolecular Hbond substituents is 2. The topological polar surface area (TPSA) is 113 Å². The van der Waals surface area contributed by atoms with Crippen LogP contribution in [0.4, 0.5) is 11.4 Å². The summed E-state index contributed by atoms with van der Waals surface area (Å²) in [5.41, 5.74) is 1.01. The number of aromatic hydroxyl groups is 2. The number of carbonyl (C=O) groups is 1. The molecule has 30 heavy (non-hydrogen) atoms. The molecular weight excluding hydrogens is 384 g/mol. The van der Waals surface area contributed by atoms with Crippen molar-refractivity contribution in [2.75, 3.05) is 5.32 Å². The van der Waals surface area contributed by atoms with Crippen LogP contribution < -0.4 is 5.32 Å². The third-order valence-electron chi connectivity index (χ3n) is 4.78. The van der Waals surface area contributed by atoms with Gasteiger partial charge in [0.15, 0.2) is 5.75 Å². The molecular formula is C23H28N2O5. The third-order valence-corrected chi connectivity index (χ3v) is 4.78. The summed E-state index contributed by atoms with van der Waals surface area (Å²) in [6.07, 6.45) is 0. The van der Waals surface area contributed by atoms with Gasteiger partial charge in [-0.25, -0.2) is 0 Å². The van der Waals surface area contributed by atoms with Crippen molar-refractivity contribution < 1.29 is 19.9 Å². The van der Waals surface area contributed by atoms with Gasteiger partial charge >= 0.3 is 5.69 Å². The van der Waals surface area contributed by atoms with Gasteiger partial charge < -0.3 is 15.5 Å². The predicted molar refractivity (Wildman–Crippen MR) is 118 cm³/mol. The van der Waals surface area contributed by atoms with Gasteiger partial charge in [0.05, 0.1) is 4.92 Å². The molecule has 0 atom stereocenters. The molecule has 0 aromatic heterocycles. The van der Waals surface area contributed by atoms with Gasteiger partial charge in [-0.3, -0.25) is 14.9 Å². The number of nitrogens with one attached hydrogen (secondary N) is 1. The molecule has 160 valence electrons. The molecule has 0 aliphatic rings. The number of hydrogen-bond acceptors (Lipinski definition) is 5. The second-order valence-electron chi connectivity index (χ2n) is 9.31. The summed E-state index contributed by atoms with van der Waals surface area (Å²) in [5.74, 6) is -0.832. The molecule has 7 heteroatoms. The zero-order chi connectivity index (χ0) is 23.0. The molecule has 0 bridgehead atoms. The van der Waals surface area contributed by atoms with E-state index in [0.29, 0.717) is 16.7 Å². The number of nitro benzene ring substituents is 1. The Morgan fingerprint density at radius 2 is 1.50 bits per heavy atom. The minimum atomic E-state index is -0.731. The summed E-state index contributed by atoms with van der Waals surface area (Å²) in [6, 6.07) is 7.08. The van der Waals surface area contributed by atoms with Crippen LogP contribution >= 0.6 is 0 Å². The van der Waals surface area contributed by atoms with E-state index in [1.807, 2.05) is 41.5 Å². The van der Waals surface area contributed by atoms with E-state index < -0.39 is 22.3 Å². The highest BCUT2D eigenvalue weighted by Crippen LogP contribution is 2.41. The zero-order valence-corrected chi connectivity index (χ0v) is 18.2. The molecule has 1 amide bonds. The largest absolute Gasteiger partial charge is 0.507 e. The van der Waals surface area contributed by atoms with Crippen molar-refractivity contribution in [3.63, 3.8) is 0 Å². The van der Waals surface area contributed by atoms with Crippen LogP contribution in [-0.4, -0.2) is 21.0 Å². The van der Waals surface area contributed by atoms with Crippen LogP contribution in [0.5, 0.6) is 11.5 Å².